The lowest BCUT2D eigenvalue weighted by Crippen LogP contribution is -2.42. The summed E-state index contributed by atoms with van der Waals surface area (Å²) in [5.74, 6) is 0.555. The molecule has 44 heavy (non-hydrogen) atoms. The Kier molecular flexibility index (Phi) is 9.00. The van der Waals surface area contributed by atoms with Crippen LogP contribution in [0.4, 0.5) is 22.1 Å². The predicted octanol–water partition coefficient (Wildman–Crippen LogP) is 4.17. The van der Waals surface area contributed by atoms with Crippen molar-refractivity contribution in [3.05, 3.63) is 78.5 Å². The maximum atomic E-state index is 13.2. The highest BCUT2D eigenvalue weighted by Crippen LogP contribution is 2.36. The first-order chi connectivity index (χ1) is 21.2. The molecule has 0 spiro atoms. The SMILES string of the molecule is CC(C)N(/C=C(\C=O)C(=O)Nc1ccc(-c2cc(C3CCN(C)CC3)n3ncnc(N)c23)cc1)C(=O)N(C)c1ccccn1. The number of nitrogen functional groups attached to an aromatic ring is 1. The standard InChI is InChI=1S/C32H37N9O3/c1-21(2)40(32(44)39(4)28-7-5-6-14-34-28)18-24(19-42)31(43)37-25-10-8-22(9-11-25)26-17-27(23-12-15-38(3)16-13-23)41-29(26)30(33)35-20-36-41/h5-11,14,17-21,23H,12-13,15-16H2,1-4H3,(H,37,43)(H2,33,35,36)/b24-18+. The number of anilines is 3. The smallest absolute Gasteiger partial charge is 0.329 e. The van der Waals surface area contributed by atoms with Crippen molar-refractivity contribution in [2.75, 3.05) is 43.1 Å². The highest BCUT2D eigenvalue weighted by Gasteiger charge is 2.26. The van der Waals surface area contributed by atoms with Gasteiger partial charge >= 0.3 is 6.03 Å². The Morgan fingerprint density at radius 1 is 1.09 bits per heavy atom. The molecule has 0 unspecified atom stereocenters. The monoisotopic (exact) mass is 595 g/mol. The minimum absolute atomic E-state index is 0.198. The fraction of sp³-hybridized carbons (Fsp3) is 0.312. The molecule has 1 aliphatic rings. The lowest BCUT2D eigenvalue weighted by atomic mass is 9.93. The fourth-order valence-corrected chi connectivity index (χ4v) is 5.38. The van der Waals surface area contributed by atoms with Crippen LogP contribution in [0.5, 0.6) is 0 Å². The summed E-state index contributed by atoms with van der Waals surface area (Å²) in [6, 6.07) is 13.9. The van der Waals surface area contributed by atoms with Crippen LogP contribution in [0.15, 0.2) is 72.8 Å². The molecular formula is C32H37N9O3. The first kappa shape index (κ1) is 30.4. The van der Waals surface area contributed by atoms with E-state index in [0.29, 0.717) is 29.5 Å². The van der Waals surface area contributed by atoms with E-state index in [2.05, 4.69) is 38.4 Å². The van der Waals surface area contributed by atoms with Crippen LogP contribution in [0.2, 0.25) is 0 Å². The van der Waals surface area contributed by atoms with E-state index in [4.69, 9.17) is 5.73 Å². The van der Waals surface area contributed by atoms with Gasteiger partial charge in [-0.15, -0.1) is 0 Å². The van der Waals surface area contributed by atoms with Crippen molar-refractivity contribution in [2.24, 2.45) is 0 Å². The van der Waals surface area contributed by atoms with Crippen LogP contribution < -0.4 is 16.0 Å². The second kappa shape index (κ2) is 13.0. The molecule has 4 heterocycles. The normalized spacial score (nSPS) is 14.5. The lowest BCUT2D eigenvalue weighted by molar-refractivity contribution is -0.115. The fourth-order valence-electron chi connectivity index (χ4n) is 5.38. The molecule has 0 bridgehead atoms. The Bertz CT molecular complexity index is 1670. The van der Waals surface area contributed by atoms with E-state index in [1.165, 1.54) is 22.3 Å². The maximum Gasteiger partial charge on any atom is 0.329 e. The number of nitrogens with one attached hydrogen (secondary N) is 1. The van der Waals surface area contributed by atoms with Crippen molar-refractivity contribution in [2.45, 2.75) is 38.6 Å². The van der Waals surface area contributed by atoms with Gasteiger partial charge in [0.1, 0.15) is 17.7 Å². The number of aldehydes is 1. The maximum absolute atomic E-state index is 13.2. The second-order valence-corrected chi connectivity index (χ2v) is 11.2. The second-order valence-electron chi connectivity index (χ2n) is 11.2. The Morgan fingerprint density at radius 2 is 1.82 bits per heavy atom. The summed E-state index contributed by atoms with van der Waals surface area (Å²) < 4.78 is 1.90. The number of hydrogen-bond donors (Lipinski definition) is 2. The molecule has 1 saturated heterocycles. The van der Waals surface area contributed by atoms with Gasteiger partial charge in [-0.1, -0.05) is 18.2 Å². The average molecular weight is 596 g/mol. The number of benzene rings is 1. The Morgan fingerprint density at radius 3 is 2.45 bits per heavy atom. The molecule has 0 radical (unpaired) electrons. The summed E-state index contributed by atoms with van der Waals surface area (Å²) in [6.45, 7) is 5.62. The van der Waals surface area contributed by atoms with Crippen molar-refractivity contribution in [1.82, 2.24) is 29.4 Å². The number of hydrogen-bond acceptors (Lipinski definition) is 8. The minimum atomic E-state index is -0.636. The van der Waals surface area contributed by atoms with E-state index in [-0.39, 0.29) is 11.6 Å². The Labute approximate surface area is 256 Å². The van der Waals surface area contributed by atoms with Crippen molar-refractivity contribution >= 4 is 41.1 Å². The molecular weight excluding hydrogens is 558 g/mol. The van der Waals surface area contributed by atoms with Gasteiger partial charge in [0.2, 0.25) is 0 Å². The number of aromatic nitrogens is 4. The molecule has 12 heteroatoms. The molecule has 1 fully saturated rings. The molecule has 0 aliphatic carbocycles. The van der Waals surface area contributed by atoms with Crippen LogP contribution in [-0.4, -0.2) is 80.8 Å². The number of pyridine rings is 1. The van der Waals surface area contributed by atoms with Crippen LogP contribution in [0.3, 0.4) is 0 Å². The summed E-state index contributed by atoms with van der Waals surface area (Å²) >= 11 is 0. The summed E-state index contributed by atoms with van der Waals surface area (Å²) in [5, 5.41) is 7.29. The summed E-state index contributed by atoms with van der Waals surface area (Å²) in [4.78, 5) is 51.8. The molecule has 228 valence electrons. The van der Waals surface area contributed by atoms with Gasteiger partial charge in [-0.25, -0.2) is 19.3 Å². The van der Waals surface area contributed by atoms with Crippen LogP contribution in [0.1, 0.15) is 38.3 Å². The van der Waals surface area contributed by atoms with Crippen LogP contribution in [-0.2, 0) is 9.59 Å². The van der Waals surface area contributed by atoms with Gasteiger partial charge in [0.05, 0.1) is 5.57 Å². The van der Waals surface area contributed by atoms with Crippen LogP contribution in [0, 0.1) is 0 Å². The summed E-state index contributed by atoms with van der Waals surface area (Å²) in [7, 11) is 3.72. The molecule has 12 nitrogen and oxygen atoms in total. The number of nitrogens with zero attached hydrogens (tertiary/aromatic N) is 7. The Hall–Kier alpha value is -5.10. The highest BCUT2D eigenvalue weighted by molar-refractivity contribution is 6.16. The molecule has 1 aromatic carbocycles. The van der Waals surface area contributed by atoms with E-state index in [9.17, 15) is 14.4 Å². The van der Waals surface area contributed by atoms with Crippen molar-refractivity contribution in [1.29, 1.82) is 0 Å². The topological polar surface area (TPSA) is 142 Å². The van der Waals surface area contributed by atoms with Gasteiger partial charge in [-0.3, -0.25) is 19.4 Å². The Balaban J connectivity index is 1.36. The zero-order valence-corrected chi connectivity index (χ0v) is 25.3. The van der Waals surface area contributed by atoms with E-state index < -0.39 is 11.9 Å². The minimum Gasteiger partial charge on any atom is -0.382 e. The molecule has 0 saturated carbocycles. The van der Waals surface area contributed by atoms with Crippen molar-refractivity contribution in [3.8, 4) is 11.1 Å². The van der Waals surface area contributed by atoms with Gasteiger partial charge in [0.25, 0.3) is 5.91 Å². The van der Waals surface area contributed by atoms with E-state index in [1.807, 2.05) is 16.6 Å². The largest absolute Gasteiger partial charge is 0.382 e. The van der Waals surface area contributed by atoms with Gasteiger partial charge in [-0.2, -0.15) is 5.10 Å². The van der Waals surface area contributed by atoms with E-state index in [0.717, 1.165) is 48.3 Å². The molecule has 0 atom stereocenters. The number of carbonyl (C=O) groups is 3. The molecule has 5 rings (SSSR count). The third kappa shape index (κ3) is 6.30. The average Bonchev–Trinajstić information content (AvgIpc) is 3.43. The van der Waals surface area contributed by atoms with E-state index >= 15 is 0 Å². The predicted molar refractivity (Wildman–Crippen MR) is 170 cm³/mol. The number of carbonyl (C=O) groups excluding carboxylic acids is 3. The lowest BCUT2D eigenvalue weighted by Gasteiger charge is -2.28. The number of likely N-dealkylation sites (tertiary alicyclic amines) is 1. The van der Waals surface area contributed by atoms with E-state index in [1.54, 1.807) is 57.4 Å². The van der Waals surface area contributed by atoms with Crippen LogP contribution >= 0.6 is 0 Å². The first-order valence-electron chi connectivity index (χ1n) is 14.5. The molecule has 3 aromatic heterocycles. The number of urea groups is 1. The van der Waals surface area contributed by atoms with Gasteiger partial charge in [0, 0.05) is 48.3 Å². The first-order valence-corrected chi connectivity index (χ1v) is 14.5. The van der Waals surface area contributed by atoms with Gasteiger partial charge in [0.15, 0.2) is 12.1 Å². The summed E-state index contributed by atoms with van der Waals surface area (Å²) in [6.07, 6.45) is 6.83. The zero-order chi connectivity index (χ0) is 31.4. The highest BCUT2D eigenvalue weighted by atomic mass is 16.2. The van der Waals surface area contributed by atoms with Gasteiger partial charge < -0.3 is 16.0 Å². The van der Waals surface area contributed by atoms with Crippen molar-refractivity contribution in [3.63, 3.8) is 0 Å². The molecule has 1 aliphatic heterocycles. The number of nitrogens with two attached hydrogens (primary N) is 1. The third-order valence-corrected chi connectivity index (χ3v) is 7.93. The van der Waals surface area contributed by atoms with Crippen molar-refractivity contribution < 1.29 is 14.4 Å². The van der Waals surface area contributed by atoms with Crippen LogP contribution in [0.25, 0.3) is 16.6 Å². The zero-order valence-electron chi connectivity index (χ0n) is 25.3. The summed E-state index contributed by atoms with van der Waals surface area (Å²) in [5.41, 5.74) is 10.3. The third-order valence-electron chi connectivity index (χ3n) is 7.93. The molecule has 4 aromatic rings. The molecule has 3 N–H and O–H groups in total. The molecule has 3 amide bonds. The number of rotatable bonds is 8. The number of amides is 3. The number of fused-ring (bicyclic) bond motifs is 1. The van der Waals surface area contributed by atoms with Gasteiger partial charge in [-0.05, 0) is 82.7 Å². The quantitative estimate of drug-likeness (QED) is 0.134. The number of piperidine rings is 1.